The highest BCUT2D eigenvalue weighted by Crippen LogP contribution is 2.37. The van der Waals surface area contributed by atoms with Gasteiger partial charge in [0.2, 0.25) is 0 Å². The van der Waals surface area contributed by atoms with Crippen LogP contribution in [0.4, 0.5) is 5.69 Å². The Morgan fingerprint density at radius 1 is 1.44 bits per heavy atom. The lowest BCUT2D eigenvalue weighted by atomic mass is 10.3. The minimum absolute atomic E-state index is 0.0353. The van der Waals surface area contributed by atoms with Crippen molar-refractivity contribution >= 4 is 21.6 Å². The van der Waals surface area contributed by atoms with Gasteiger partial charge in [0.1, 0.15) is 0 Å². The van der Waals surface area contributed by atoms with Gasteiger partial charge in [-0.05, 0) is 22.4 Å². The quantitative estimate of drug-likeness (QED) is 0.617. The molecule has 1 rings (SSSR count). The van der Waals surface area contributed by atoms with Crippen molar-refractivity contribution in [1.29, 1.82) is 0 Å². The minimum Gasteiger partial charge on any atom is -0.493 e. The first-order valence-electron chi connectivity index (χ1n) is 4.74. The van der Waals surface area contributed by atoms with Crippen LogP contribution in [-0.4, -0.2) is 18.6 Å². The van der Waals surface area contributed by atoms with Crippen LogP contribution in [0.3, 0.4) is 0 Å². The Labute approximate surface area is 102 Å². The fourth-order valence-electron chi connectivity index (χ4n) is 1.15. The molecule has 0 spiro atoms. The van der Waals surface area contributed by atoms with Crippen LogP contribution in [0, 0.1) is 10.1 Å². The monoisotopic (exact) mass is 289 g/mol. The number of nitro benzene ring substituents is 1. The lowest BCUT2D eigenvalue weighted by molar-refractivity contribution is -0.385. The van der Waals surface area contributed by atoms with E-state index in [4.69, 9.17) is 9.47 Å². The number of hydrogen-bond acceptors (Lipinski definition) is 4. The summed E-state index contributed by atoms with van der Waals surface area (Å²) in [6, 6.07) is 2.89. The fraction of sp³-hybridized carbons (Fsp3) is 0.400. The van der Waals surface area contributed by atoms with E-state index >= 15 is 0 Å². The van der Waals surface area contributed by atoms with Crippen molar-refractivity contribution in [3.05, 3.63) is 26.7 Å². The average molecular weight is 290 g/mol. The van der Waals surface area contributed by atoms with E-state index in [0.29, 0.717) is 22.6 Å². The van der Waals surface area contributed by atoms with Gasteiger partial charge in [-0.25, -0.2) is 0 Å². The summed E-state index contributed by atoms with van der Waals surface area (Å²) in [4.78, 5) is 10.3. The van der Waals surface area contributed by atoms with Crippen molar-refractivity contribution in [1.82, 2.24) is 0 Å². The first kappa shape index (κ1) is 12.8. The maximum absolute atomic E-state index is 10.7. The highest BCUT2D eigenvalue weighted by Gasteiger charge is 2.17. The Morgan fingerprint density at radius 2 is 2.12 bits per heavy atom. The van der Waals surface area contributed by atoms with Gasteiger partial charge in [0, 0.05) is 6.07 Å². The van der Waals surface area contributed by atoms with Crippen LogP contribution in [0.25, 0.3) is 0 Å². The van der Waals surface area contributed by atoms with Crippen LogP contribution in [0.15, 0.2) is 16.6 Å². The van der Waals surface area contributed by atoms with E-state index in [1.807, 2.05) is 6.92 Å². The first-order valence-corrected chi connectivity index (χ1v) is 5.54. The molecule has 0 aromatic heterocycles. The lowest BCUT2D eigenvalue weighted by Crippen LogP contribution is -1.99. The van der Waals surface area contributed by atoms with Crippen LogP contribution in [0.2, 0.25) is 0 Å². The van der Waals surface area contributed by atoms with E-state index in [0.717, 1.165) is 6.42 Å². The number of benzene rings is 1. The Balaban J connectivity index is 3.12. The second kappa shape index (κ2) is 5.69. The highest BCUT2D eigenvalue weighted by atomic mass is 79.9. The number of ether oxygens (including phenoxy) is 2. The van der Waals surface area contributed by atoms with Crippen molar-refractivity contribution in [2.45, 2.75) is 13.3 Å². The smallest absolute Gasteiger partial charge is 0.287 e. The van der Waals surface area contributed by atoms with Crippen molar-refractivity contribution in [2.24, 2.45) is 0 Å². The summed E-state index contributed by atoms with van der Waals surface area (Å²) in [5.41, 5.74) is -0.0353. The fourth-order valence-corrected chi connectivity index (χ4v) is 1.62. The van der Waals surface area contributed by atoms with Crippen LogP contribution in [-0.2, 0) is 0 Å². The van der Waals surface area contributed by atoms with E-state index in [1.165, 1.54) is 19.2 Å². The SMILES string of the molecule is CCCOc1cc([N+](=O)[O-])c(Br)cc1OC. The van der Waals surface area contributed by atoms with Crippen molar-refractivity contribution in [3.63, 3.8) is 0 Å². The van der Waals surface area contributed by atoms with Crippen molar-refractivity contribution in [2.75, 3.05) is 13.7 Å². The Kier molecular flexibility index (Phi) is 4.54. The molecule has 0 aliphatic rings. The molecule has 0 fully saturated rings. The molecule has 0 radical (unpaired) electrons. The zero-order valence-electron chi connectivity index (χ0n) is 9.03. The Bertz CT molecular complexity index is 395. The number of nitrogens with zero attached hydrogens (tertiary/aromatic N) is 1. The molecular formula is C10H12BrNO4. The molecule has 0 bridgehead atoms. The van der Waals surface area contributed by atoms with Crippen LogP contribution in [0.1, 0.15) is 13.3 Å². The van der Waals surface area contributed by atoms with Crippen LogP contribution < -0.4 is 9.47 Å². The van der Waals surface area contributed by atoms with Gasteiger partial charge in [-0.15, -0.1) is 0 Å². The molecule has 1 aromatic carbocycles. The summed E-state index contributed by atoms with van der Waals surface area (Å²) in [6.07, 6.45) is 0.826. The van der Waals surface area contributed by atoms with Gasteiger partial charge in [-0.1, -0.05) is 6.92 Å². The molecule has 0 amide bonds. The molecule has 0 unspecified atom stereocenters. The molecule has 1 aromatic rings. The number of nitro groups is 1. The lowest BCUT2D eigenvalue weighted by Gasteiger charge is -2.10. The summed E-state index contributed by atoms with van der Waals surface area (Å²) in [6.45, 7) is 2.45. The summed E-state index contributed by atoms with van der Waals surface area (Å²) in [5, 5.41) is 10.7. The first-order chi connectivity index (χ1) is 7.60. The van der Waals surface area contributed by atoms with E-state index < -0.39 is 4.92 Å². The number of halogens is 1. The number of methoxy groups -OCH3 is 1. The van der Waals surface area contributed by atoms with E-state index in [1.54, 1.807) is 0 Å². The minimum atomic E-state index is -0.470. The molecule has 0 saturated carbocycles. The molecule has 5 nitrogen and oxygen atoms in total. The summed E-state index contributed by atoms with van der Waals surface area (Å²) in [5.74, 6) is 0.866. The molecule has 0 N–H and O–H groups in total. The largest absolute Gasteiger partial charge is 0.493 e. The van der Waals surface area contributed by atoms with Gasteiger partial charge >= 0.3 is 0 Å². The second-order valence-electron chi connectivity index (χ2n) is 3.06. The zero-order valence-corrected chi connectivity index (χ0v) is 10.6. The predicted octanol–water partition coefficient (Wildman–Crippen LogP) is 3.15. The van der Waals surface area contributed by atoms with Crippen LogP contribution in [0.5, 0.6) is 11.5 Å². The Hall–Kier alpha value is -1.30. The third kappa shape index (κ3) is 2.85. The molecule has 16 heavy (non-hydrogen) atoms. The zero-order chi connectivity index (χ0) is 12.1. The van der Waals surface area contributed by atoms with E-state index in [-0.39, 0.29) is 5.69 Å². The molecular weight excluding hydrogens is 278 g/mol. The van der Waals surface area contributed by atoms with Gasteiger partial charge in [-0.3, -0.25) is 10.1 Å². The molecule has 88 valence electrons. The van der Waals surface area contributed by atoms with Gasteiger partial charge in [0.15, 0.2) is 11.5 Å². The molecule has 0 aliphatic carbocycles. The summed E-state index contributed by atoms with van der Waals surface area (Å²) < 4.78 is 10.8. The second-order valence-corrected chi connectivity index (χ2v) is 3.91. The van der Waals surface area contributed by atoms with Gasteiger partial charge in [0.05, 0.1) is 29.2 Å². The Morgan fingerprint density at radius 3 is 2.62 bits per heavy atom. The molecule has 6 heteroatoms. The van der Waals surface area contributed by atoms with Crippen LogP contribution >= 0.6 is 15.9 Å². The summed E-state index contributed by atoms with van der Waals surface area (Å²) >= 11 is 3.11. The molecule has 0 saturated heterocycles. The molecule has 0 atom stereocenters. The maximum Gasteiger partial charge on any atom is 0.287 e. The van der Waals surface area contributed by atoms with Gasteiger partial charge < -0.3 is 9.47 Å². The molecule has 0 heterocycles. The van der Waals surface area contributed by atoms with E-state index in [9.17, 15) is 10.1 Å². The predicted molar refractivity (Wildman–Crippen MR) is 63.1 cm³/mol. The van der Waals surface area contributed by atoms with Gasteiger partial charge in [0.25, 0.3) is 5.69 Å². The topological polar surface area (TPSA) is 61.6 Å². The van der Waals surface area contributed by atoms with Gasteiger partial charge in [-0.2, -0.15) is 0 Å². The van der Waals surface area contributed by atoms with Crippen molar-refractivity contribution in [3.8, 4) is 11.5 Å². The molecule has 0 aliphatic heterocycles. The third-order valence-electron chi connectivity index (χ3n) is 1.89. The highest BCUT2D eigenvalue weighted by molar-refractivity contribution is 9.10. The maximum atomic E-state index is 10.7. The van der Waals surface area contributed by atoms with E-state index in [2.05, 4.69) is 15.9 Å². The standard InChI is InChI=1S/C10H12BrNO4/c1-3-4-16-10-6-8(12(13)14)7(11)5-9(10)15-2/h5-6H,3-4H2,1-2H3. The normalized spacial score (nSPS) is 9.94. The van der Waals surface area contributed by atoms with Crippen molar-refractivity contribution < 1.29 is 14.4 Å². The number of hydrogen-bond donors (Lipinski definition) is 0. The number of rotatable bonds is 5. The summed E-state index contributed by atoms with van der Waals surface area (Å²) in [7, 11) is 1.49. The average Bonchev–Trinajstić information content (AvgIpc) is 2.26. The third-order valence-corrected chi connectivity index (χ3v) is 2.53.